The van der Waals surface area contributed by atoms with Crippen LogP contribution in [0.15, 0.2) is 36.4 Å². The Bertz CT molecular complexity index is 1610. The van der Waals surface area contributed by atoms with Gasteiger partial charge in [0, 0.05) is 17.5 Å². The van der Waals surface area contributed by atoms with E-state index in [1.807, 2.05) is 27.7 Å². The molecular weight excluding hydrogens is 620 g/mol. The van der Waals surface area contributed by atoms with Crippen LogP contribution in [0.25, 0.3) is 10.9 Å². The van der Waals surface area contributed by atoms with E-state index in [0.29, 0.717) is 35.7 Å². The average Bonchev–Trinajstić information content (AvgIpc) is 3.36. The lowest BCUT2D eigenvalue weighted by atomic mass is 9.78. The van der Waals surface area contributed by atoms with E-state index in [-0.39, 0.29) is 46.7 Å². The normalized spacial score (nSPS) is 18.7. The molecule has 0 bridgehead atoms. The SMILES string of the molecule is CCC(C)[C@H](NC(=O)Cc1ccccc1F)C(=O)N[C@]1(C(=O)NC(C(N)=S)[C@@H](C)CC)CCc2[nH]c3c(Cl)cc(F)cc3c2C1. The summed E-state index contributed by atoms with van der Waals surface area (Å²) in [5.74, 6) is -3.03. The molecule has 12 heteroatoms. The van der Waals surface area contributed by atoms with Crippen molar-refractivity contribution in [3.05, 3.63) is 69.9 Å². The number of nitrogens with two attached hydrogens (primary N) is 1. The van der Waals surface area contributed by atoms with Crippen molar-refractivity contribution in [2.45, 2.75) is 83.8 Å². The Balaban J connectivity index is 1.70. The first-order chi connectivity index (χ1) is 21.3. The van der Waals surface area contributed by atoms with Crippen LogP contribution in [0, 0.1) is 23.5 Å². The highest BCUT2D eigenvalue weighted by molar-refractivity contribution is 7.80. The fourth-order valence-electron chi connectivity index (χ4n) is 5.89. The van der Waals surface area contributed by atoms with Gasteiger partial charge in [0.1, 0.15) is 23.2 Å². The molecule has 0 saturated heterocycles. The number of carbonyl (C=O) groups is 3. The molecule has 45 heavy (non-hydrogen) atoms. The van der Waals surface area contributed by atoms with Gasteiger partial charge in [-0.25, -0.2) is 8.78 Å². The second kappa shape index (κ2) is 14.2. The monoisotopic (exact) mass is 659 g/mol. The van der Waals surface area contributed by atoms with Crippen LogP contribution in [0.2, 0.25) is 5.02 Å². The molecule has 3 amide bonds. The molecule has 0 aliphatic heterocycles. The number of H-pyrrole nitrogens is 1. The van der Waals surface area contributed by atoms with Gasteiger partial charge in [-0.15, -0.1) is 0 Å². The topological polar surface area (TPSA) is 129 Å². The van der Waals surface area contributed by atoms with Crippen molar-refractivity contribution in [2.75, 3.05) is 0 Å². The van der Waals surface area contributed by atoms with Gasteiger partial charge in [-0.05, 0) is 54.0 Å². The summed E-state index contributed by atoms with van der Waals surface area (Å²) < 4.78 is 28.8. The number of aromatic amines is 1. The molecule has 1 aliphatic carbocycles. The van der Waals surface area contributed by atoms with Crippen molar-refractivity contribution in [3.8, 4) is 0 Å². The van der Waals surface area contributed by atoms with Crippen LogP contribution in [0.3, 0.4) is 0 Å². The minimum Gasteiger partial charge on any atom is -0.392 e. The summed E-state index contributed by atoms with van der Waals surface area (Å²) in [7, 11) is 0. The first-order valence-electron chi connectivity index (χ1n) is 15.2. The lowest BCUT2D eigenvalue weighted by molar-refractivity contribution is -0.137. The number of aromatic nitrogens is 1. The molecule has 1 aromatic heterocycles. The van der Waals surface area contributed by atoms with E-state index >= 15 is 0 Å². The van der Waals surface area contributed by atoms with Crippen molar-refractivity contribution in [1.82, 2.24) is 20.9 Å². The number of carbonyl (C=O) groups excluding carboxylic acids is 3. The third kappa shape index (κ3) is 7.47. The molecular formula is C33H40ClF2N5O3S. The molecule has 8 nitrogen and oxygen atoms in total. The lowest BCUT2D eigenvalue weighted by Gasteiger charge is -2.40. The van der Waals surface area contributed by atoms with Crippen LogP contribution in [-0.4, -0.2) is 45.3 Å². The number of thiocarbonyl (C=S) groups is 1. The van der Waals surface area contributed by atoms with E-state index in [9.17, 15) is 23.2 Å². The van der Waals surface area contributed by atoms with Gasteiger partial charge in [0.25, 0.3) is 0 Å². The van der Waals surface area contributed by atoms with Crippen molar-refractivity contribution in [3.63, 3.8) is 0 Å². The highest BCUT2D eigenvalue weighted by Crippen LogP contribution is 2.37. The Labute approximate surface area is 272 Å². The fourth-order valence-corrected chi connectivity index (χ4v) is 6.44. The second-order valence-electron chi connectivity index (χ2n) is 12.1. The summed E-state index contributed by atoms with van der Waals surface area (Å²) in [6.45, 7) is 7.57. The highest BCUT2D eigenvalue weighted by Gasteiger charge is 2.46. The summed E-state index contributed by atoms with van der Waals surface area (Å²) in [6.07, 6.45) is 1.56. The third-order valence-corrected chi connectivity index (χ3v) is 9.58. The maximum absolute atomic E-state index is 14.5. The van der Waals surface area contributed by atoms with Gasteiger partial charge in [-0.1, -0.05) is 82.6 Å². The molecule has 3 aromatic rings. The van der Waals surface area contributed by atoms with Crippen LogP contribution in [0.5, 0.6) is 0 Å². The predicted octanol–water partition coefficient (Wildman–Crippen LogP) is 5.03. The van der Waals surface area contributed by atoms with Gasteiger partial charge in [-0.3, -0.25) is 14.4 Å². The Morgan fingerprint density at radius 3 is 2.38 bits per heavy atom. The molecule has 0 saturated carbocycles. The zero-order valence-electron chi connectivity index (χ0n) is 25.9. The smallest absolute Gasteiger partial charge is 0.246 e. The lowest BCUT2D eigenvalue weighted by Crippen LogP contribution is -2.67. The number of hydrogen-bond donors (Lipinski definition) is 5. The molecule has 5 atom stereocenters. The van der Waals surface area contributed by atoms with E-state index < -0.39 is 47.0 Å². The minimum absolute atomic E-state index is 0.0284. The van der Waals surface area contributed by atoms with Crippen LogP contribution >= 0.6 is 23.8 Å². The zero-order valence-corrected chi connectivity index (χ0v) is 27.4. The van der Waals surface area contributed by atoms with Crippen molar-refractivity contribution in [2.24, 2.45) is 17.6 Å². The standard InChI is InChI=1S/C33H40ClF2N5O3S/c1-5-17(3)27(30(37)45)40-32(44)33(12-11-25-22(16-33)21-14-20(35)15-23(34)29(21)38-25)41-31(43)28(18(4)6-2)39-26(42)13-19-9-7-8-10-24(19)36/h7-10,14-15,17-18,27-28,38H,5-6,11-13,16H2,1-4H3,(H2,37,45)(H,39,42)(H,40,44)(H,41,43)/t17-,18?,27?,28-,33+/m0/s1. The summed E-state index contributed by atoms with van der Waals surface area (Å²) in [6, 6.07) is 6.87. The third-order valence-electron chi connectivity index (χ3n) is 9.02. The van der Waals surface area contributed by atoms with Crippen LogP contribution in [-0.2, 0) is 33.6 Å². The van der Waals surface area contributed by atoms with Gasteiger partial charge in [0.15, 0.2) is 0 Å². The maximum atomic E-state index is 14.5. The molecule has 242 valence electrons. The van der Waals surface area contributed by atoms with E-state index in [2.05, 4.69) is 20.9 Å². The maximum Gasteiger partial charge on any atom is 0.246 e. The second-order valence-corrected chi connectivity index (χ2v) is 13.0. The van der Waals surface area contributed by atoms with Crippen molar-refractivity contribution >= 4 is 57.4 Å². The number of benzene rings is 2. The van der Waals surface area contributed by atoms with E-state index in [1.165, 1.54) is 30.3 Å². The molecule has 0 spiro atoms. The Morgan fingerprint density at radius 1 is 1.07 bits per heavy atom. The first kappa shape index (κ1) is 34.3. The molecule has 1 aliphatic rings. The minimum atomic E-state index is -1.49. The molecule has 0 radical (unpaired) electrons. The number of nitrogens with one attached hydrogen (secondary N) is 4. The molecule has 6 N–H and O–H groups in total. The Hall–Kier alpha value is -3.57. The summed E-state index contributed by atoms with van der Waals surface area (Å²) in [4.78, 5) is 44.8. The first-order valence-corrected chi connectivity index (χ1v) is 16.0. The van der Waals surface area contributed by atoms with Gasteiger partial charge in [0.05, 0.1) is 28.0 Å². The van der Waals surface area contributed by atoms with Crippen molar-refractivity contribution < 1.29 is 23.2 Å². The number of rotatable bonds is 12. The fraction of sp³-hybridized carbons (Fsp3) is 0.455. The number of amides is 3. The highest BCUT2D eigenvalue weighted by atomic mass is 35.5. The number of fused-ring (bicyclic) bond motifs is 3. The molecule has 2 aromatic carbocycles. The summed E-state index contributed by atoms with van der Waals surface area (Å²) in [5.41, 5.74) is 6.74. The number of halogens is 3. The summed E-state index contributed by atoms with van der Waals surface area (Å²) in [5, 5.41) is 9.47. The molecule has 2 unspecified atom stereocenters. The predicted molar refractivity (Wildman–Crippen MR) is 176 cm³/mol. The van der Waals surface area contributed by atoms with Crippen LogP contribution in [0.4, 0.5) is 8.78 Å². The largest absolute Gasteiger partial charge is 0.392 e. The Morgan fingerprint density at radius 2 is 1.73 bits per heavy atom. The average molecular weight is 660 g/mol. The van der Waals surface area contributed by atoms with Gasteiger partial charge < -0.3 is 26.7 Å². The molecule has 1 heterocycles. The molecule has 4 rings (SSSR count). The van der Waals surface area contributed by atoms with Gasteiger partial charge in [-0.2, -0.15) is 0 Å². The number of hydrogen-bond acceptors (Lipinski definition) is 4. The number of aryl methyl sites for hydroxylation is 1. The van der Waals surface area contributed by atoms with Crippen molar-refractivity contribution in [1.29, 1.82) is 0 Å². The van der Waals surface area contributed by atoms with Gasteiger partial charge in [0.2, 0.25) is 17.7 Å². The van der Waals surface area contributed by atoms with E-state index in [1.54, 1.807) is 6.07 Å². The van der Waals surface area contributed by atoms with Crippen LogP contribution in [0.1, 0.15) is 63.8 Å². The Kier molecular flexibility index (Phi) is 10.9. The van der Waals surface area contributed by atoms with E-state index in [0.717, 1.165) is 5.69 Å². The van der Waals surface area contributed by atoms with Gasteiger partial charge >= 0.3 is 0 Å². The quantitative estimate of drug-likeness (QED) is 0.174. The van der Waals surface area contributed by atoms with Crippen LogP contribution < -0.4 is 21.7 Å². The zero-order chi connectivity index (χ0) is 33.1. The van der Waals surface area contributed by atoms with E-state index in [4.69, 9.17) is 29.6 Å². The molecule has 0 fully saturated rings. The summed E-state index contributed by atoms with van der Waals surface area (Å²) >= 11 is 11.6.